The standard InChI is InChI=1S/C19H36O4/c1-3-4-5-6-7-8-9-10-11-12-13-14-17(20)15-18-16(2)22-19(21)23-18/h16-18,20H,3-15H2,1-2H3/t16-,17-,18+/m1/s1. The Morgan fingerprint density at radius 2 is 1.43 bits per heavy atom. The van der Waals surface area contributed by atoms with Gasteiger partial charge < -0.3 is 14.6 Å². The van der Waals surface area contributed by atoms with Crippen LogP contribution in [0.4, 0.5) is 4.79 Å². The minimum absolute atomic E-state index is 0.241. The van der Waals surface area contributed by atoms with Gasteiger partial charge in [-0.25, -0.2) is 4.79 Å². The third kappa shape index (κ3) is 9.85. The van der Waals surface area contributed by atoms with Gasteiger partial charge in [0, 0.05) is 6.42 Å². The fourth-order valence-electron chi connectivity index (χ4n) is 3.14. The monoisotopic (exact) mass is 328 g/mol. The molecule has 0 aromatic heterocycles. The third-order valence-corrected chi connectivity index (χ3v) is 4.70. The summed E-state index contributed by atoms with van der Waals surface area (Å²) >= 11 is 0. The van der Waals surface area contributed by atoms with Gasteiger partial charge in [-0.1, -0.05) is 77.6 Å². The maximum Gasteiger partial charge on any atom is 0.509 e. The van der Waals surface area contributed by atoms with Crippen LogP contribution in [0.15, 0.2) is 0 Å². The number of unbranched alkanes of at least 4 members (excludes halogenated alkanes) is 10. The molecule has 4 heteroatoms. The Hall–Kier alpha value is -0.770. The lowest BCUT2D eigenvalue weighted by atomic mass is 10.0. The maximum absolute atomic E-state index is 11.0. The van der Waals surface area contributed by atoms with Gasteiger partial charge in [0.1, 0.15) is 12.2 Å². The van der Waals surface area contributed by atoms with Crippen molar-refractivity contribution in [3.63, 3.8) is 0 Å². The molecule has 0 bridgehead atoms. The van der Waals surface area contributed by atoms with Crippen molar-refractivity contribution in [3.8, 4) is 0 Å². The summed E-state index contributed by atoms with van der Waals surface area (Å²) in [6.07, 6.45) is 14.2. The van der Waals surface area contributed by atoms with Gasteiger partial charge in [0.15, 0.2) is 0 Å². The van der Waals surface area contributed by atoms with Crippen molar-refractivity contribution in [2.45, 2.75) is 116 Å². The molecule has 0 aromatic rings. The average molecular weight is 328 g/mol. The van der Waals surface area contributed by atoms with E-state index in [0.29, 0.717) is 6.42 Å². The second-order valence-electron chi connectivity index (χ2n) is 6.94. The van der Waals surface area contributed by atoms with E-state index in [0.717, 1.165) is 12.8 Å². The predicted molar refractivity (Wildman–Crippen MR) is 92.5 cm³/mol. The molecular formula is C19H36O4. The van der Waals surface area contributed by atoms with Gasteiger partial charge in [-0.15, -0.1) is 0 Å². The summed E-state index contributed by atoms with van der Waals surface area (Å²) < 4.78 is 9.94. The molecule has 1 saturated heterocycles. The van der Waals surface area contributed by atoms with E-state index < -0.39 is 12.3 Å². The molecule has 23 heavy (non-hydrogen) atoms. The molecule has 1 aliphatic heterocycles. The molecule has 0 amide bonds. The minimum atomic E-state index is -0.607. The molecule has 1 aliphatic rings. The number of rotatable bonds is 14. The summed E-state index contributed by atoms with van der Waals surface area (Å²) in [7, 11) is 0. The average Bonchev–Trinajstić information content (AvgIpc) is 2.82. The van der Waals surface area contributed by atoms with Crippen molar-refractivity contribution in [1.82, 2.24) is 0 Å². The van der Waals surface area contributed by atoms with Crippen LogP contribution in [0.1, 0.15) is 97.3 Å². The van der Waals surface area contributed by atoms with E-state index in [2.05, 4.69) is 6.92 Å². The fraction of sp³-hybridized carbons (Fsp3) is 0.947. The summed E-state index contributed by atoms with van der Waals surface area (Å²) in [6, 6.07) is 0. The fourth-order valence-corrected chi connectivity index (χ4v) is 3.14. The topological polar surface area (TPSA) is 55.8 Å². The van der Waals surface area contributed by atoms with Crippen LogP contribution in [0.25, 0.3) is 0 Å². The zero-order valence-electron chi connectivity index (χ0n) is 15.1. The highest BCUT2D eigenvalue weighted by Crippen LogP contribution is 2.21. The summed E-state index contributed by atoms with van der Waals surface area (Å²) in [4.78, 5) is 11.0. The highest BCUT2D eigenvalue weighted by atomic mass is 16.8. The highest BCUT2D eigenvalue weighted by Gasteiger charge is 2.34. The van der Waals surface area contributed by atoms with Crippen LogP contribution in [0.5, 0.6) is 0 Å². The number of carbonyl (C=O) groups excluding carboxylic acids is 1. The number of aliphatic hydroxyl groups excluding tert-OH is 1. The molecule has 1 fully saturated rings. The van der Waals surface area contributed by atoms with Crippen LogP contribution < -0.4 is 0 Å². The second kappa shape index (κ2) is 12.6. The Labute approximate surface area is 141 Å². The van der Waals surface area contributed by atoms with Gasteiger partial charge in [-0.3, -0.25) is 0 Å². The Morgan fingerprint density at radius 3 is 1.91 bits per heavy atom. The maximum atomic E-state index is 11.0. The molecule has 3 atom stereocenters. The molecule has 0 aliphatic carbocycles. The first-order chi connectivity index (χ1) is 11.1. The van der Waals surface area contributed by atoms with Crippen LogP contribution in [-0.4, -0.2) is 29.6 Å². The third-order valence-electron chi connectivity index (χ3n) is 4.70. The lowest BCUT2D eigenvalue weighted by Crippen LogP contribution is -2.25. The number of carbonyl (C=O) groups is 1. The van der Waals surface area contributed by atoms with E-state index in [1.165, 1.54) is 64.2 Å². The molecule has 0 aromatic carbocycles. The van der Waals surface area contributed by atoms with Crippen molar-refractivity contribution in [1.29, 1.82) is 0 Å². The normalized spacial score (nSPS) is 22.0. The minimum Gasteiger partial charge on any atom is -0.427 e. The second-order valence-corrected chi connectivity index (χ2v) is 6.94. The number of hydrogen-bond acceptors (Lipinski definition) is 4. The van der Waals surface area contributed by atoms with Gasteiger partial charge in [-0.2, -0.15) is 0 Å². The van der Waals surface area contributed by atoms with E-state index in [9.17, 15) is 9.90 Å². The van der Waals surface area contributed by atoms with Crippen molar-refractivity contribution < 1.29 is 19.4 Å². The summed E-state index contributed by atoms with van der Waals surface area (Å²) in [5.74, 6) is 0. The molecule has 136 valence electrons. The zero-order valence-corrected chi connectivity index (χ0v) is 15.1. The lowest BCUT2D eigenvalue weighted by molar-refractivity contribution is 0.0693. The Bertz CT molecular complexity index is 306. The number of cyclic esters (lactones) is 2. The van der Waals surface area contributed by atoms with Gasteiger partial charge >= 0.3 is 6.16 Å². The van der Waals surface area contributed by atoms with E-state index in [4.69, 9.17) is 9.47 Å². The van der Waals surface area contributed by atoms with Crippen LogP contribution in [0, 0.1) is 0 Å². The Kier molecular flexibility index (Phi) is 11.1. The molecule has 4 nitrogen and oxygen atoms in total. The quantitative estimate of drug-likeness (QED) is 0.344. The first kappa shape index (κ1) is 20.3. The Morgan fingerprint density at radius 1 is 0.913 bits per heavy atom. The molecule has 1 rings (SSSR count). The van der Waals surface area contributed by atoms with Crippen molar-refractivity contribution in [3.05, 3.63) is 0 Å². The molecule has 0 spiro atoms. The van der Waals surface area contributed by atoms with E-state index in [-0.39, 0.29) is 12.2 Å². The predicted octanol–water partition coefficient (Wildman–Crippen LogP) is 5.36. The zero-order chi connectivity index (χ0) is 16.9. The summed E-state index contributed by atoms with van der Waals surface area (Å²) in [5.41, 5.74) is 0. The smallest absolute Gasteiger partial charge is 0.427 e. The SMILES string of the molecule is CCCCCCCCCCCCC[C@@H](O)C[C@@H]1OC(=O)O[C@@H]1C. The molecule has 0 radical (unpaired) electrons. The lowest BCUT2D eigenvalue weighted by Gasteiger charge is -2.16. The largest absolute Gasteiger partial charge is 0.509 e. The molecular weight excluding hydrogens is 292 g/mol. The van der Waals surface area contributed by atoms with Crippen LogP contribution in [0.2, 0.25) is 0 Å². The summed E-state index contributed by atoms with van der Waals surface area (Å²) in [6.45, 7) is 4.07. The number of aliphatic hydroxyl groups is 1. The van der Waals surface area contributed by atoms with Crippen molar-refractivity contribution in [2.75, 3.05) is 0 Å². The number of ether oxygens (including phenoxy) is 2. The molecule has 0 unspecified atom stereocenters. The van der Waals surface area contributed by atoms with Gasteiger partial charge in [-0.05, 0) is 13.3 Å². The van der Waals surface area contributed by atoms with E-state index >= 15 is 0 Å². The highest BCUT2D eigenvalue weighted by molar-refractivity contribution is 5.62. The van der Waals surface area contributed by atoms with Crippen LogP contribution in [-0.2, 0) is 9.47 Å². The van der Waals surface area contributed by atoms with Gasteiger partial charge in [0.2, 0.25) is 0 Å². The Balaban J connectivity index is 1.86. The van der Waals surface area contributed by atoms with Gasteiger partial charge in [0.25, 0.3) is 0 Å². The van der Waals surface area contributed by atoms with Crippen molar-refractivity contribution >= 4 is 6.16 Å². The number of hydrogen-bond donors (Lipinski definition) is 1. The van der Waals surface area contributed by atoms with E-state index in [1.807, 2.05) is 6.92 Å². The summed E-state index contributed by atoms with van der Waals surface area (Å²) in [5, 5.41) is 10.0. The van der Waals surface area contributed by atoms with E-state index in [1.54, 1.807) is 0 Å². The first-order valence-electron chi connectivity index (χ1n) is 9.68. The van der Waals surface area contributed by atoms with Crippen LogP contribution >= 0.6 is 0 Å². The van der Waals surface area contributed by atoms with Crippen molar-refractivity contribution in [2.24, 2.45) is 0 Å². The molecule has 1 heterocycles. The van der Waals surface area contributed by atoms with Crippen LogP contribution in [0.3, 0.4) is 0 Å². The molecule has 0 saturated carbocycles. The molecule has 1 N–H and O–H groups in total. The van der Waals surface area contributed by atoms with Gasteiger partial charge in [0.05, 0.1) is 6.10 Å². The first-order valence-corrected chi connectivity index (χ1v) is 9.68.